The van der Waals surface area contributed by atoms with Crippen LogP contribution in [0.4, 0.5) is 5.69 Å². The van der Waals surface area contributed by atoms with Crippen LogP contribution in [-0.2, 0) is 0 Å². The van der Waals surface area contributed by atoms with Crippen LogP contribution in [0.2, 0.25) is 0 Å². The van der Waals surface area contributed by atoms with Crippen LogP contribution >= 0.6 is 11.3 Å². The molecule has 0 aliphatic rings. The number of nitrogens with zero attached hydrogens (tertiary/aromatic N) is 2. The van der Waals surface area contributed by atoms with Gasteiger partial charge in [-0.3, -0.25) is 9.59 Å². The van der Waals surface area contributed by atoms with Gasteiger partial charge in [-0.05, 0) is 32.4 Å². The number of aromatic nitrogens is 3. The molecule has 0 fully saturated rings. The van der Waals surface area contributed by atoms with E-state index in [9.17, 15) is 9.59 Å². The molecule has 0 aliphatic carbocycles. The van der Waals surface area contributed by atoms with Crippen molar-refractivity contribution in [3.8, 4) is 5.88 Å². The van der Waals surface area contributed by atoms with Gasteiger partial charge in [-0.2, -0.15) is 0 Å². The Morgan fingerprint density at radius 2 is 2.15 bits per heavy atom. The van der Waals surface area contributed by atoms with Gasteiger partial charge in [0, 0.05) is 4.88 Å². The van der Waals surface area contributed by atoms with E-state index >= 15 is 0 Å². The average Bonchev–Trinajstić information content (AvgIpc) is 2.89. The summed E-state index contributed by atoms with van der Waals surface area (Å²) in [5, 5.41) is 3.79. The van der Waals surface area contributed by atoms with Crippen LogP contribution in [0.25, 0.3) is 10.2 Å². The van der Waals surface area contributed by atoms with Crippen LogP contribution < -0.4 is 21.3 Å². The second-order valence-electron chi connectivity index (χ2n) is 5.93. The molecule has 4 N–H and O–H groups in total. The molecule has 1 amide bonds. The Labute approximate surface area is 153 Å². The van der Waals surface area contributed by atoms with E-state index in [1.165, 1.54) is 24.6 Å². The summed E-state index contributed by atoms with van der Waals surface area (Å²) in [6.45, 7) is 5.74. The molecular formula is C17H19N5O3S. The summed E-state index contributed by atoms with van der Waals surface area (Å²) in [5.41, 5.74) is 6.88. The van der Waals surface area contributed by atoms with E-state index in [-0.39, 0.29) is 23.0 Å². The fourth-order valence-corrected chi connectivity index (χ4v) is 3.70. The van der Waals surface area contributed by atoms with Crippen molar-refractivity contribution in [2.45, 2.75) is 26.8 Å². The lowest BCUT2D eigenvalue weighted by atomic mass is 10.2. The predicted octanol–water partition coefficient (Wildman–Crippen LogP) is 2.28. The maximum absolute atomic E-state index is 12.4. The molecule has 0 saturated heterocycles. The van der Waals surface area contributed by atoms with Crippen molar-refractivity contribution in [1.82, 2.24) is 15.0 Å². The number of fused-ring (bicyclic) bond motifs is 1. The number of ether oxygens (including phenoxy) is 1. The molecule has 0 saturated carbocycles. The number of amides is 1. The third-order valence-corrected chi connectivity index (χ3v) is 5.26. The van der Waals surface area contributed by atoms with Gasteiger partial charge in [0.25, 0.3) is 11.5 Å². The molecule has 136 valence electrons. The Bertz CT molecular complexity index is 1060. The molecule has 0 radical (unpaired) electrons. The third kappa shape index (κ3) is 3.13. The Morgan fingerprint density at radius 1 is 1.42 bits per heavy atom. The largest absolute Gasteiger partial charge is 0.480 e. The highest BCUT2D eigenvalue weighted by atomic mass is 32.1. The number of carbonyl (C=O) groups excluding carboxylic acids is 1. The number of thiophene rings is 1. The number of hydrogen-bond acceptors (Lipinski definition) is 7. The SMILES string of the molecule is COc1ncc(NC(C)c2nc3sc(C)c(C)c3c(=O)[nH]2)cc1C(N)=O. The summed E-state index contributed by atoms with van der Waals surface area (Å²) < 4.78 is 5.03. The van der Waals surface area contributed by atoms with Crippen molar-refractivity contribution in [3.63, 3.8) is 0 Å². The van der Waals surface area contributed by atoms with Crippen LogP contribution in [0.1, 0.15) is 39.6 Å². The summed E-state index contributed by atoms with van der Waals surface area (Å²) in [6.07, 6.45) is 1.53. The lowest BCUT2D eigenvalue weighted by Crippen LogP contribution is -2.18. The first-order valence-electron chi connectivity index (χ1n) is 7.92. The minimum absolute atomic E-state index is 0.160. The predicted molar refractivity (Wildman–Crippen MR) is 101 cm³/mol. The van der Waals surface area contributed by atoms with E-state index in [1.54, 1.807) is 6.07 Å². The van der Waals surface area contributed by atoms with Crippen LogP contribution in [-0.4, -0.2) is 28.0 Å². The molecule has 0 bridgehead atoms. The van der Waals surface area contributed by atoms with Gasteiger partial charge in [0.1, 0.15) is 16.2 Å². The van der Waals surface area contributed by atoms with Crippen molar-refractivity contribution >= 4 is 33.1 Å². The number of rotatable bonds is 5. The molecule has 0 aliphatic heterocycles. The van der Waals surface area contributed by atoms with E-state index in [1.807, 2.05) is 20.8 Å². The molecule has 1 unspecified atom stereocenters. The van der Waals surface area contributed by atoms with E-state index in [0.717, 1.165) is 10.4 Å². The summed E-state index contributed by atoms with van der Waals surface area (Å²) in [6, 6.07) is 1.24. The Kier molecular flexibility index (Phi) is 4.64. The van der Waals surface area contributed by atoms with Crippen LogP contribution in [0.15, 0.2) is 17.1 Å². The van der Waals surface area contributed by atoms with Gasteiger partial charge in [0.15, 0.2) is 0 Å². The zero-order valence-corrected chi connectivity index (χ0v) is 15.7. The van der Waals surface area contributed by atoms with Crippen LogP contribution in [0.3, 0.4) is 0 Å². The van der Waals surface area contributed by atoms with E-state index < -0.39 is 5.91 Å². The fraction of sp³-hybridized carbons (Fsp3) is 0.294. The highest BCUT2D eigenvalue weighted by Gasteiger charge is 2.17. The lowest BCUT2D eigenvalue weighted by Gasteiger charge is -2.15. The van der Waals surface area contributed by atoms with Gasteiger partial charge in [-0.15, -0.1) is 11.3 Å². The zero-order chi connectivity index (χ0) is 19.0. The van der Waals surface area contributed by atoms with Gasteiger partial charge >= 0.3 is 0 Å². The maximum atomic E-state index is 12.4. The Hall–Kier alpha value is -2.94. The highest BCUT2D eigenvalue weighted by molar-refractivity contribution is 7.18. The number of primary amides is 1. The third-order valence-electron chi connectivity index (χ3n) is 4.16. The molecule has 0 aromatic carbocycles. The highest BCUT2D eigenvalue weighted by Crippen LogP contribution is 2.27. The van der Waals surface area contributed by atoms with Crippen molar-refractivity contribution in [3.05, 3.63) is 44.4 Å². The van der Waals surface area contributed by atoms with Crippen molar-refractivity contribution in [1.29, 1.82) is 0 Å². The standard InChI is InChI=1S/C17H19N5O3S/c1-7-9(3)26-17-12(7)15(24)21-14(22-17)8(2)20-10-5-11(13(18)23)16(25-4)19-6-10/h5-6,8,20H,1-4H3,(H2,18,23)(H,21,22,24). The monoisotopic (exact) mass is 373 g/mol. The quantitative estimate of drug-likeness (QED) is 0.630. The van der Waals surface area contributed by atoms with E-state index in [0.29, 0.717) is 21.7 Å². The summed E-state index contributed by atoms with van der Waals surface area (Å²) >= 11 is 1.49. The number of carbonyl (C=O) groups is 1. The molecule has 3 rings (SSSR count). The van der Waals surface area contributed by atoms with Gasteiger partial charge in [-0.25, -0.2) is 9.97 Å². The number of aryl methyl sites for hydroxylation is 2. The molecule has 1 atom stereocenters. The number of hydrogen-bond donors (Lipinski definition) is 3. The molecular weight excluding hydrogens is 354 g/mol. The molecule has 8 nitrogen and oxygen atoms in total. The first-order chi connectivity index (χ1) is 12.3. The number of aromatic amines is 1. The van der Waals surface area contributed by atoms with Gasteiger partial charge in [-0.1, -0.05) is 0 Å². The van der Waals surface area contributed by atoms with Crippen molar-refractivity contribution in [2.75, 3.05) is 12.4 Å². The summed E-state index contributed by atoms with van der Waals surface area (Å²) in [5.74, 6) is 0.0246. The molecule has 9 heteroatoms. The number of methoxy groups -OCH3 is 1. The second kappa shape index (κ2) is 6.75. The lowest BCUT2D eigenvalue weighted by molar-refractivity contribution is 0.0996. The first-order valence-corrected chi connectivity index (χ1v) is 8.73. The van der Waals surface area contributed by atoms with Gasteiger partial charge < -0.3 is 20.8 Å². The van der Waals surface area contributed by atoms with Crippen molar-refractivity contribution < 1.29 is 9.53 Å². The normalized spacial score (nSPS) is 12.2. The maximum Gasteiger partial charge on any atom is 0.259 e. The fourth-order valence-electron chi connectivity index (χ4n) is 2.67. The van der Waals surface area contributed by atoms with E-state index in [4.69, 9.17) is 10.5 Å². The molecule has 3 aromatic heterocycles. The van der Waals surface area contributed by atoms with E-state index in [2.05, 4.69) is 20.3 Å². The first kappa shape index (κ1) is 17.9. The second-order valence-corrected chi connectivity index (χ2v) is 7.13. The average molecular weight is 373 g/mol. The number of nitrogens with one attached hydrogen (secondary N) is 2. The number of nitrogens with two attached hydrogens (primary N) is 1. The van der Waals surface area contributed by atoms with Crippen LogP contribution in [0, 0.1) is 13.8 Å². The summed E-state index contributed by atoms with van der Waals surface area (Å²) in [4.78, 5) is 37.2. The Morgan fingerprint density at radius 3 is 2.81 bits per heavy atom. The molecule has 26 heavy (non-hydrogen) atoms. The molecule has 0 spiro atoms. The minimum Gasteiger partial charge on any atom is -0.480 e. The van der Waals surface area contributed by atoms with Crippen molar-refractivity contribution in [2.24, 2.45) is 5.73 Å². The molecule has 3 aromatic rings. The van der Waals surface area contributed by atoms with Gasteiger partial charge in [0.05, 0.1) is 30.4 Å². The topological polar surface area (TPSA) is 123 Å². The zero-order valence-electron chi connectivity index (χ0n) is 14.8. The van der Waals surface area contributed by atoms with Crippen LogP contribution in [0.5, 0.6) is 5.88 Å². The Balaban J connectivity index is 1.94. The smallest absolute Gasteiger partial charge is 0.259 e. The number of pyridine rings is 1. The minimum atomic E-state index is -0.636. The number of anilines is 1. The number of H-pyrrole nitrogens is 1. The summed E-state index contributed by atoms with van der Waals surface area (Å²) in [7, 11) is 1.42. The van der Waals surface area contributed by atoms with Gasteiger partial charge in [0.2, 0.25) is 5.88 Å². The molecule has 3 heterocycles.